The summed E-state index contributed by atoms with van der Waals surface area (Å²) in [6.45, 7) is 15.8. The van der Waals surface area contributed by atoms with E-state index in [2.05, 4.69) is 36.9 Å². The van der Waals surface area contributed by atoms with Crippen LogP contribution in [-0.2, 0) is 21.7 Å². The van der Waals surface area contributed by atoms with Gasteiger partial charge in [0.25, 0.3) is 0 Å². The molecule has 2 nitrogen and oxygen atoms in total. The van der Waals surface area contributed by atoms with Crippen LogP contribution in [0.25, 0.3) is 0 Å². The van der Waals surface area contributed by atoms with Gasteiger partial charge in [0.2, 0.25) is 0 Å². The second-order valence-electron chi connectivity index (χ2n) is 8.55. The normalized spacial score (nSPS) is 17.5. The Labute approximate surface area is 204 Å². The summed E-state index contributed by atoms with van der Waals surface area (Å²) in [4.78, 5) is 0. The third kappa shape index (κ3) is 31.8. The zero-order valence-electron chi connectivity index (χ0n) is 21.1. The van der Waals surface area contributed by atoms with E-state index in [1.54, 1.807) is 34.1 Å². The van der Waals surface area contributed by atoms with Gasteiger partial charge in [0, 0.05) is 0 Å². The van der Waals surface area contributed by atoms with Gasteiger partial charge in [0.15, 0.2) is 0 Å². The molecule has 0 spiro atoms. The van der Waals surface area contributed by atoms with Crippen molar-refractivity contribution >= 4 is 17.8 Å². The Kier molecular flexibility index (Phi) is 35.9. The second-order valence-corrected chi connectivity index (χ2v) is 10.8. The van der Waals surface area contributed by atoms with Crippen molar-refractivity contribution in [2.24, 2.45) is 5.41 Å². The number of hydrogen-bond donors (Lipinski definition) is 0. The average Bonchev–Trinajstić information content (AvgIpc) is 2.62. The van der Waals surface area contributed by atoms with Crippen molar-refractivity contribution in [1.82, 2.24) is 0 Å². The van der Waals surface area contributed by atoms with Crippen LogP contribution in [0.1, 0.15) is 120 Å². The molecule has 0 aromatic heterocycles. The minimum atomic E-state index is -0.417. The smallest absolute Gasteiger partial charge is 0.852 e. The molecule has 0 bridgehead atoms. The molecule has 29 heavy (non-hydrogen) atoms. The molecule has 1 aliphatic carbocycles. The molecule has 1 saturated carbocycles. The van der Waals surface area contributed by atoms with E-state index in [0.29, 0.717) is 0 Å². The standard InChI is InChI=1S/C14H29P.C4H11P.2C3H7O.Ti/c1-4-7-11-15-13-9-8-10-14(5-2,6-3)12-13;1-2-3-4-5;2*1-3(2)4;/h13,15H,4-12H2,1-3H3;2-5H2,1H3;2*3H,1-2H3;/q;;2*-1;+2. The van der Waals surface area contributed by atoms with Crippen molar-refractivity contribution in [3.63, 3.8) is 0 Å². The molecule has 1 rings (SSSR count). The molecule has 176 valence electrons. The Hall–Kier alpha value is 1.49. The van der Waals surface area contributed by atoms with Crippen molar-refractivity contribution in [3.05, 3.63) is 0 Å². The SMILES string of the molecule is CC(C)[O-].CC(C)[O-].CCCCP.CCCCPC1CCCC(CC)(CC)C1.[Ti+2]. The third-order valence-electron chi connectivity index (χ3n) is 4.96. The predicted molar refractivity (Wildman–Crippen MR) is 133 cm³/mol. The fourth-order valence-electron chi connectivity index (χ4n) is 3.20. The number of hydrogen-bond acceptors (Lipinski definition) is 2. The molecule has 3 unspecified atom stereocenters. The van der Waals surface area contributed by atoms with Crippen molar-refractivity contribution < 1.29 is 31.9 Å². The Morgan fingerprint density at radius 2 is 1.38 bits per heavy atom. The van der Waals surface area contributed by atoms with Crippen molar-refractivity contribution in [2.75, 3.05) is 12.3 Å². The van der Waals surface area contributed by atoms with Crippen LogP contribution in [0.5, 0.6) is 0 Å². The Morgan fingerprint density at radius 1 is 0.931 bits per heavy atom. The zero-order valence-corrected chi connectivity index (χ0v) is 24.8. The van der Waals surface area contributed by atoms with Crippen LogP contribution in [0.3, 0.4) is 0 Å². The summed E-state index contributed by atoms with van der Waals surface area (Å²) in [7, 11) is 3.96. The van der Waals surface area contributed by atoms with Gasteiger partial charge in [-0.05, 0) is 49.1 Å². The molecule has 0 aromatic rings. The fourth-order valence-corrected chi connectivity index (χ4v) is 5.56. The first-order chi connectivity index (χ1) is 13.1. The maximum atomic E-state index is 9.53. The minimum Gasteiger partial charge on any atom is -0.852 e. The summed E-state index contributed by atoms with van der Waals surface area (Å²) < 4.78 is 0. The monoisotopic (exact) mass is 484 g/mol. The average molecular weight is 485 g/mol. The van der Waals surface area contributed by atoms with Gasteiger partial charge in [-0.1, -0.05) is 93.9 Å². The third-order valence-corrected chi connectivity index (χ3v) is 7.08. The molecule has 0 amide bonds. The van der Waals surface area contributed by atoms with E-state index in [1.165, 1.54) is 78.7 Å². The Balaban J connectivity index is -0.000000185. The maximum absolute atomic E-state index is 9.53. The molecule has 0 radical (unpaired) electrons. The van der Waals surface area contributed by atoms with E-state index in [0.717, 1.165) is 11.1 Å². The molecule has 1 fully saturated rings. The van der Waals surface area contributed by atoms with Crippen molar-refractivity contribution in [2.45, 2.75) is 137 Å². The summed E-state index contributed by atoms with van der Waals surface area (Å²) in [6, 6.07) is 0. The molecule has 5 heteroatoms. The molecular formula is C24H54O2P2Ti. The van der Waals surface area contributed by atoms with Gasteiger partial charge in [0.05, 0.1) is 0 Å². The van der Waals surface area contributed by atoms with Crippen LogP contribution in [0, 0.1) is 5.41 Å². The van der Waals surface area contributed by atoms with E-state index in [-0.39, 0.29) is 21.7 Å². The quantitative estimate of drug-likeness (QED) is 0.228. The Bertz CT molecular complexity index is 273. The maximum Gasteiger partial charge on any atom is 2.00 e. The molecule has 0 N–H and O–H groups in total. The van der Waals surface area contributed by atoms with E-state index < -0.39 is 12.2 Å². The molecule has 3 atom stereocenters. The summed E-state index contributed by atoms with van der Waals surface area (Å²) in [5.74, 6) is 0. The van der Waals surface area contributed by atoms with Gasteiger partial charge in [0.1, 0.15) is 0 Å². The number of rotatable bonds is 8. The molecule has 0 saturated heterocycles. The van der Waals surface area contributed by atoms with E-state index >= 15 is 0 Å². The van der Waals surface area contributed by atoms with Gasteiger partial charge in [-0.3, -0.25) is 0 Å². The van der Waals surface area contributed by atoms with Crippen LogP contribution in [0.15, 0.2) is 0 Å². The van der Waals surface area contributed by atoms with Crippen LogP contribution >= 0.6 is 17.8 Å². The van der Waals surface area contributed by atoms with Crippen LogP contribution in [-0.4, -0.2) is 30.2 Å². The summed E-state index contributed by atoms with van der Waals surface area (Å²) in [5.41, 5.74) is 1.83. The Morgan fingerprint density at radius 3 is 1.69 bits per heavy atom. The van der Waals surface area contributed by atoms with E-state index in [9.17, 15) is 10.2 Å². The van der Waals surface area contributed by atoms with Gasteiger partial charge >= 0.3 is 21.7 Å². The minimum absolute atomic E-state index is 0. The van der Waals surface area contributed by atoms with Crippen LogP contribution in [0.4, 0.5) is 0 Å². The summed E-state index contributed by atoms with van der Waals surface area (Å²) in [6.07, 6.45) is 16.4. The molecule has 0 heterocycles. The fraction of sp³-hybridized carbons (Fsp3) is 1.00. The molecule has 0 aliphatic heterocycles. The summed E-state index contributed by atoms with van der Waals surface area (Å²) in [5, 5.41) is 19.1. The first-order valence-electron chi connectivity index (χ1n) is 11.9. The first-order valence-corrected chi connectivity index (χ1v) is 14.0. The molecular weight excluding hydrogens is 430 g/mol. The van der Waals surface area contributed by atoms with Crippen molar-refractivity contribution in [3.8, 4) is 0 Å². The van der Waals surface area contributed by atoms with E-state index in [1.807, 2.05) is 0 Å². The zero-order chi connectivity index (χ0) is 22.4. The molecule has 1 aliphatic rings. The topological polar surface area (TPSA) is 46.1 Å². The first kappa shape index (κ1) is 37.8. The van der Waals surface area contributed by atoms with Gasteiger partial charge in [-0.2, -0.15) is 0 Å². The predicted octanol–water partition coefficient (Wildman–Crippen LogP) is 6.38. The van der Waals surface area contributed by atoms with Crippen molar-refractivity contribution in [1.29, 1.82) is 0 Å². The van der Waals surface area contributed by atoms with E-state index in [4.69, 9.17) is 0 Å². The van der Waals surface area contributed by atoms with Gasteiger partial charge < -0.3 is 10.2 Å². The van der Waals surface area contributed by atoms with Crippen LogP contribution < -0.4 is 10.2 Å². The summed E-state index contributed by atoms with van der Waals surface area (Å²) >= 11 is 0. The largest absolute Gasteiger partial charge is 2.00 e. The number of unbranched alkanes of at least 4 members (excludes halogenated alkanes) is 2. The van der Waals surface area contributed by atoms with Gasteiger partial charge in [-0.25, -0.2) is 0 Å². The van der Waals surface area contributed by atoms with Gasteiger partial charge in [-0.15, -0.1) is 30.0 Å². The van der Waals surface area contributed by atoms with Crippen LogP contribution in [0.2, 0.25) is 0 Å². The second kappa shape index (κ2) is 27.5. The molecule has 0 aromatic carbocycles.